The highest BCUT2D eigenvalue weighted by molar-refractivity contribution is 8.15. The van der Waals surface area contributed by atoms with Crippen LogP contribution in [0.5, 0.6) is 17.2 Å². The van der Waals surface area contributed by atoms with E-state index in [0.29, 0.717) is 24.5 Å². The van der Waals surface area contributed by atoms with Crippen LogP contribution in [-0.4, -0.2) is 61.5 Å². The summed E-state index contributed by atoms with van der Waals surface area (Å²) >= 11 is 0.995. The van der Waals surface area contributed by atoms with E-state index in [9.17, 15) is 14.4 Å². The summed E-state index contributed by atoms with van der Waals surface area (Å²) in [6.45, 7) is 8.56. The predicted molar refractivity (Wildman–Crippen MR) is 147 cm³/mol. The molecule has 2 aliphatic heterocycles. The Hall–Kier alpha value is -3.24. The van der Waals surface area contributed by atoms with Gasteiger partial charge in [0.2, 0.25) is 11.5 Å². The number of carbonyl (C=O) groups is 3. The molecule has 4 rings (SSSR count). The van der Waals surface area contributed by atoms with Gasteiger partial charge in [-0.3, -0.25) is 14.9 Å². The molecule has 2 atom stereocenters. The number of amides is 2. The van der Waals surface area contributed by atoms with Gasteiger partial charge >= 0.3 is 5.97 Å². The van der Waals surface area contributed by atoms with E-state index in [2.05, 4.69) is 5.32 Å². The summed E-state index contributed by atoms with van der Waals surface area (Å²) in [4.78, 5) is 36.6. The number of ether oxygens (including phenoxy) is 5. The quantitative estimate of drug-likeness (QED) is 0.321. The Kier molecular flexibility index (Phi) is 9.07. The molecule has 1 saturated heterocycles. The van der Waals surface area contributed by atoms with Crippen molar-refractivity contribution in [1.29, 1.82) is 0 Å². The lowest BCUT2D eigenvalue weighted by Crippen LogP contribution is -2.48. The largest absolute Gasteiger partial charge is 0.493 e. The molecule has 39 heavy (non-hydrogen) atoms. The summed E-state index contributed by atoms with van der Waals surface area (Å²) in [5.74, 6) is 1.22. The van der Waals surface area contributed by atoms with Crippen LogP contribution in [0.25, 0.3) is 0 Å². The lowest BCUT2D eigenvalue weighted by molar-refractivity contribution is -0.164. The summed E-state index contributed by atoms with van der Waals surface area (Å²) in [6, 6.07) is 7.20. The Morgan fingerprint density at radius 2 is 1.85 bits per heavy atom. The van der Waals surface area contributed by atoms with E-state index in [1.807, 2.05) is 32.9 Å². The maximum Gasteiger partial charge on any atom is 0.353 e. The van der Waals surface area contributed by atoms with Crippen molar-refractivity contribution in [2.75, 3.05) is 33.5 Å². The van der Waals surface area contributed by atoms with E-state index in [4.69, 9.17) is 23.7 Å². The fourth-order valence-corrected chi connectivity index (χ4v) is 5.50. The van der Waals surface area contributed by atoms with E-state index >= 15 is 0 Å². The molecule has 2 unspecified atom stereocenters. The van der Waals surface area contributed by atoms with Crippen LogP contribution in [-0.2, 0) is 31.9 Å². The third kappa shape index (κ3) is 6.50. The van der Waals surface area contributed by atoms with Gasteiger partial charge in [-0.2, -0.15) is 0 Å². The zero-order valence-electron chi connectivity index (χ0n) is 23.0. The van der Waals surface area contributed by atoms with Crippen molar-refractivity contribution in [3.8, 4) is 17.2 Å². The number of hydrogen-bond donors (Lipinski definition) is 1. The van der Waals surface area contributed by atoms with Gasteiger partial charge in [0.05, 0.1) is 18.5 Å². The molecule has 9 nitrogen and oxygen atoms in total. The maximum absolute atomic E-state index is 13.3. The molecule has 2 heterocycles. The van der Waals surface area contributed by atoms with E-state index in [1.165, 1.54) is 7.11 Å². The molecule has 2 aliphatic rings. The van der Waals surface area contributed by atoms with Crippen LogP contribution < -0.4 is 19.5 Å². The zero-order valence-corrected chi connectivity index (χ0v) is 23.8. The molecule has 10 heteroatoms. The molecule has 210 valence electrons. The Labute approximate surface area is 232 Å². The van der Waals surface area contributed by atoms with Crippen LogP contribution >= 0.6 is 11.8 Å². The average Bonchev–Trinajstić information content (AvgIpc) is 3.25. The second-order valence-electron chi connectivity index (χ2n) is 9.95. The van der Waals surface area contributed by atoms with Crippen LogP contribution in [0.3, 0.4) is 0 Å². The van der Waals surface area contributed by atoms with Gasteiger partial charge in [0.25, 0.3) is 5.24 Å². The van der Waals surface area contributed by atoms with Crippen molar-refractivity contribution in [2.45, 2.75) is 57.8 Å². The van der Waals surface area contributed by atoms with Crippen molar-refractivity contribution in [2.24, 2.45) is 0 Å². The second kappa shape index (κ2) is 12.3. The van der Waals surface area contributed by atoms with Crippen molar-refractivity contribution in [3.63, 3.8) is 0 Å². The highest BCUT2D eigenvalue weighted by Crippen LogP contribution is 2.41. The molecule has 2 aromatic carbocycles. The van der Waals surface area contributed by atoms with Gasteiger partial charge in [-0.1, -0.05) is 23.9 Å². The first-order valence-electron chi connectivity index (χ1n) is 13.0. The van der Waals surface area contributed by atoms with Crippen LogP contribution in [0.15, 0.2) is 24.3 Å². The Morgan fingerprint density at radius 3 is 2.51 bits per heavy atom. The third-order valence-electron chi connectivity index (χ3n) is 7.03. The van der Waals surface area contributed by atoms with Crippen molar-refractivity contribution in [1.82, 2.24) is 5.32 Å². The number of hydrogen-bond acceptors (Lipinski definition) is 9. The first-order valence-corrected chi connectivity index (χ1v) is 13.8. The van der Waals surface area contributed by atoms with Crippen LogP contribution in [0.2, 0.25) is 0 Å². The third-order valence-corrected chi connectivity index (χ3v) is 8.02. The molecule has 2 aromatic rings. The number of methoxy groups -OCH3 is 1. The number of rotatable bonds is 11. The van der Waals surface area contributed by atoms with Gasteiger partial charge in [0.1, 0.15) is 30.5 Å². The van der Waals surface area contributed by atoms with Crippen molar-refractivity contribution < 1.29 is 38.1 Å². The Morgan fingerprint density at radius 1 is 1.10 bits per heavy atom. The van der Waals surface area contributed by atoms with Gasteiger partial charge in [-0.25, -0.2) is 4.79 Å². The highest BCUT2D eigenvalue weighted by Gasteiger charge is 2.40. The highest BCUT2D eigenvalue weighted by atomic mass is 32.2. The minimum atomic E-state index is -1.45. The van der Waals surface area contributed by atoms with Crippen molar-refractivity contribution in [3.05, 3.63) is 52.1 Å². The summed E-state index contributed by atoms with van der Waals surface area (Å²) in [7, 11) is 1.54. The zero-order chi connectivity index (χ0) is 28.2. The second-order valence-corrected chi connectivity index (χ2v) is 11.1. The Bertz CT molecular complexity index is 1250. The smallest absolute Gasteiger partial charge is 0.353 e. The summed E-state index contributed by atoms with van der Waals surface area (Å²) < 4.78 is 29.0. The topological polar surface area (TPSA) is 109 Å². The molecule has 2 amide bonds. The van der Waals surface area contributed by atoms with Crippen molar-refractivity contribution >= 4 is 28.9 Å². The predicted octanol–water partition coefficient (Wildman–Crippen LogP) is 4.24. The monoisotopic (exact) mass is 557 g/mol. The molecule has 0 aromatic heterocycles. The van der Waals surface area contributed by atoms with Gasteiger partial charge < -0.3 is 23.7 Å². The number of benzene rings is 2. The number of fused-ring (bicyclic) bond motifs is 1. The first-order chi connectivity index (χ1) is 18.6. The SMILES string of the molecule is COCCOC(=O)C(C)(COc1ccc(CC2SC(=O)NC2=O)cc1)Oc1c(C)c(C)c2c(c1C)CCCO2. The summed E-state index contributed by atoms with van der Waals surface area (Å²) in [5, 5.41) is 1.53. The molecule has 0 aliphatic carbocycles. The molecular formula is C29H35NO8S. The molecule has 1 N–H and O–H groups in total. The molecule has 0 bridgehead atoms. The molecule has 0 saturated carbocycles. The van der Waals surface area contributed by atoms with E-state index in [1.54, 1.807) is 19.1 Å². The molecule has 1 fully saturated rings. The number of carbonyl (C=O) groups excluding carboxylic acids is 3. The molecular weight excluding hydrogens is 522 g/mol. The number of thioether (sulfide) groups is 1. The normalized spacial score (nSPS) is 18.0. The summed E-state index contributed by atoms with van der Waals surface area (Å²) in [5.41, 5.74) is 3.38. The number of imide groups is 1. The van der Waals surface area contributed by atoms with E-state index in [-0.39, 0.29) is 31.0 Å². The Balaban J connectivity index is 1.52. The standard InChI is InChI=1S/C29H35NO8S/c1-17-18(2)25-22(7-6-12-35-25)19(3)24(17)38-29(4,27(32)36-14-13-34-5)16-37-21-10-8-20(9-11-21)15-23-26(31)30-28(33)39-23/h8-11,23H,6-7,12-16H2,1-5H3,(H,30,31,33). The lowest BCUT2D eigenvalue weighted by Gasteiger charge is -2.32. The van der Waals surface area contributed by atoms with Gasteiger partial charge in [-0.05, 0) is 81.3 Å². The van der Waals surface area contributed by atoms with Crippen LogP contribution in [0, 0.1) is 20.8 Å². The van der Waals surface area contributed by atoms with Gasteiger partial charge in [-0.15, -0.1) is 0 Å². The number of esters is 1. The fourth-order valence-electron chi connectivity index (χ4n) is 4.64. The summed E-state index contributed by atoms with van der Waals surface area (Å²) in [6.07, 6.45) is 2.23. The number of nitrogens with one attached hydrogen (secondary N) is 1. The molecule has 0 radical (unpaired) electrons. The van der Waals surface area contributed by atoms with Gasteiger partial charge in [0, 0.05) is 12.7 Å². The average molecular weight is 558 g/mol. The van der Waals surface area contributed by atoms with Gasteiger partial charge in [0.15, 0.2) is 0 Å². The van der Waals surface area contributed by atoms with E-state index < -0.39 is 16.8 Å². The first kappa shape index (κ1) is 28.8. The minimum absolute atomic E-state index is 0.0905. The van der Waals surface area contributed by atoms with Crippen LogP contribution in [0.4, 0.5) is 4.79 Å². The molecule has 0 spiro atoms. The van der Waals surface area contributed by atoms with E-state index in [0.717, 1.165) is 58.2 Å². The lowest BCUT2D eigenvalue weighted by atomic mass is 9.93. The maximum atomic E-state index is 13.3. The van der Waals surface area contributed by atoms with Crippen LogP contribution in [0.1, 0.15) is 41.2 Å². The minimum Gasteiger partial charge on any atom is -0.493 e. The fraction of sp³-hybridized carbons (Fsp3) is 0.483.